The van der Waals surface area contributed by atoms with Crippen LogP contribution in [0.25, 0.3) is 11.5 Å². The quantitative estimate of drug-likeness (QED) is 0.817. The SMILES string of the molecule is CCNc1ccc(-c2nccn2C)nn1. The molecule has 0 aromatic carbocycles. The van der Waals surface area contributed by atoms with Gasteiger partial charge in [0.1, 0.15) is 11.5 Å². The molecule has 0 fully saturated rings. The Kier molecular flexibility index (Phi) is 2.62. The molecule has 5 nitrogen and oxygen atoms in total. The zero-order chi connectivity index (χ0) is 10.7. The zero-order valence-corrected chi connectivity index (χ0v) is 8.81. The average molecular weight is 203 g/mol. The summed E-state index contributed by atoms with van der Waals surface area (Å²) in [6.07, 6.45) is 3.63. The van der Waals surface area contributed by atoms with Gasteiger partial charge in [-0.2, -0.15) is 0 Å². The second-order valence-electron chi connectivity index (χ2n) is 3.20. The molecule has 0 aliphatic heterocycles. The van der Waals surface area contributed by atoms with Gasteiger partial charge in [0, 0.05) is 26.0 Å². The fraction of sp³-hybridized carbons (Fsp3) is 0.300. The number of aryl methyl sites for hydroxylation is 1. The average Bonchev–Trinajstić information content (AvgIpc) is 2.66. The number of imidazole rings is 1. The molecule has 0 aliphatic carbocycles. The van der Waals surface area contributed by atoms with Crippen molar-refractivity contribution in [3.8, 4) is 11.5 Å². The van der Waals surface area contributed by atoms with Crippen LogP contribution in [0.1, 0.15) is 6.92 Å². The van der Waals surface area contributed by atoms with Gasteiger partial charge >= 0.3 is 0 Å². The largest absolute Gasteiger partial charge is 0.369 e. The van der Waals surface area contributed by atoms with Gasteiger partial charge < -0.3 is 9.88 Å². The molecule has 0 aliphatic rings. The van der Waals surface area contributed by atoms with Crippen molar-refractivity contribution in [2.24, 2.45) is 7.05 Å². The highest BCUT2D eigenvalue weighted by atomic mass is 15.2. The van der Waals surface area contributed by atoms with Gasteiger partial charge in [-0.1, -0.05) is 0 Å². The van der Waals surface area contributed by atoms with Crippen molar-refractivity contribution in [1.29, 1.82) is 0 Å². The zero-order valence-electron chi connectivity index (χ0n) is 8.81. The standard InChI is InChI=1S/C10H13N5/c1-3-11-9-5-4-8(13-14-9)10-12-6-7-15(10)2/h4-7H,3H2,1-2H3,(H,11,14). The third kappa shape index (κ3) is 1.96. The van der Waals surface area contributed by atoms with E-state index in [0.29, 0.717) is 0 Å². The highest BCUT2D eigenvalue weighted by Gasteiger charge is 2.04. The summed E-state index contributed by atoms with van der Waals surface area (Å²) in [7, 11) is 1.93. The second-order valence-corrected chi connectivity index (χ2v) is 3.20. The monoisotopic (exact) mass is 203 g/mol. The fourth-order valence-electron chi connectivity index (χ4n) is 1.34. The van der Waals surface area contributed by atoms with Crippen molar-refractivity contribution in [2.45, 2.75) is 6.92 Å². The van der Waals surface area contributed by atoms with E-state index in [4.69, 9.17) is 0 Å². The molecule has 0 amide bonds. The predicted molar refractivity (Wildman–Crippen MR) is 58.4 cm³/mol. The highest BCUT2D eigenvalue weighted by Crippen LogP contribution is 2.13. The topological polar surface area (TPSA) is 55.6 Å². The number of anilines is 1. The number of hydrogen-bond donors (Lipinski definition) is 1. The van der Waals surface area contributed by atoms with Crippen molar-refractivity contribution < 1.29 is 0 Å². The minimum absolute atomic E-state index is 0.782. The summed E-state index contributed by atoms with van der Waals surface area (Å²) in [5.74, 6) is 1.61. The van der Waals surface area contributed by atoms with Gasteiger partial charge in [0.2, 0.25) is 0 Å². The molecule has 2 heterocycles. The smallest absolute Gasteiger partial charge is 0.160 e. The van der Waals surface area contributed by atoms with Crippen LogP contribution in [0.15, 0.2) is 24.5 Å². The number of nitrogens with zero attached hydrogens (tertiary/aromatic N) is 4. The van der Waals surface area contributed by atoms with Crippen molar-refractivity contribution in [3.63, 3.8) is 0 Å². The number of nitrogens with one attached hydrogen (secondary N) is 1. The number of hydrogen-bond acceptors (Lipinski definition) is 4. The Labute approximate surface area is 88.2 Å². The molecule has 0 radical (unpaired) electrons. The molecule has 2 rings (SSSR count). The van der Waals surface area contributed by atoms with E-state index < -0.39 is 0 Å². The minimum Gasteiger partial charge on any atom is -0.369 e. The lowest BCUT2D eigenvalue weighted by atomic mass is 10.3. The summed E-state index contributed by atoms with van der Waals surface area (Å²) in [5.41, 5.74) is 0.782. The maximum absolute atomic E-state index is 4.20. The number of rotatable bonds is 3. The van der Waals surface area contributed by atoms with Gasteiger partial charge in [-0.3, -0.25) is 0 Å². The van der Waals surface area contributed by atoms with Crippen LogP contribution in [0.3, 0.4) is 0 Å². The van der Waals surface area contributed by atoms with Crippen molar-refractivity contribution in [3.05, 3.63) is 24.5 Å². The molecule has 1 N–H and O–H groups in total. The molecule has 0 atom stereocenters. The van der Waals surface area contributed by atoms with Gasteiger partial charge in [0.05, 0.1) is 0 Å². The third-order valence-electron chi connectivity index (χ3n) is 2.07. The van der Waals surface area contributed by atoms with Gasteiger partial charge in [0.25, 0.3) is 0 Å². The molecule has 0 bridgehead atoms. The van der Waals surface area contributed by atoms with Crippen molar-refractivity contribution in [2.75, 3.05) is 11.9 Å². The molecule has 0 saturated carbocycles. The van der Waals surface area contributed by atoms with E-state index in [2.05, 4.69) is 20.5 Å². The maximum Gasteiger partial charge on any atom is 0.160 e. The molecular formula is C10H13N5. The van der Waals surface area contributed by atoms with E-state index in [-0.39, 0.29) is 0 Å². The van der Waals surface area contributed by atoms with E-state index in [1.54, 1.807) is 6.20 Å². The Bertz CT molecular complexity index is 431. The first kappa shape index (κ1) is 9.64. The van der Waals surface area contributed by atoms with Crippen molar-refractivity contribution in [1.82, 2.24) is 19.7 Å². The van der Waals surface area contributed by atoms with Crippen LogP contribution in [-0.2, 0) is 7.05 Å². The first-order chi connectivity index (χ1) is 7.31. The van der Waals surface area contributed by atoms with E-state index in [0.717, 1.165) is 23.9 Å². The fourth-order valence-corrected chi connectivity index (χ4v) is 1.34. The normalized spacial score (nSPS) is 10.3. The van der Waals surface area contributed by atoms with Gasteiger partial charge in [0.15, 0.2) is 5.82 Å². The summed E-state index contributed by atoms with van der Waals surface area (Å²) in [6.45, 7) is 2.87. The Balaban J connectivity index is 2.28. The molecular weight excluding hydrogens is 190 g/mol. The summed E-state index contributed by atoms with van der Waals surface area (Å²) in [6, 6.07) is 3.81. The lowest BCUT2D eigenvalue weighted by molar-refractivity contribution is 0.903. The Hall–Kier alpha value is -1.91. The van der Waals surface area contributed by atoms with Crippen LogP contribution in [0.4, 0.5) is 5.82 Å². The van der Waals surface area contributed by atoms with E-state index >= 15 is 0 Å². The Morgan fingerprint density at radius 3 is 2.73 bits per heavy atom. The van der Waals surface area contributed by atoms with Crippen LogP contribution in [0.2, 0.25) is 0 Å². The minimum atomic E-state index is 0.782. The first-order valence-electron chi connectivity index (χ1n) is 4.86. The summed E-state index contributed by atoms with van der Waals surface area (Å²) in [5, 5.41) is 11.2. The number of aromatic nitrogens is 4. The molecule has 0 spiro atoms. The summed E-state index contributed by atoms with van der Waals surface area (Å²) < 4.78 is 1.91. The van der Waals surface area contributed by atoms with Crippen LogP contribution < -0.4 is 5.32 Å². The third-order valence-corrected chi connectivity index (χ3v) is 2.07. The van der Waals surface area contributed by atoms with Crippen LogP contribution in [0, 0.1) is 0 Å². The molecule has 5 heteroatoms. The van der Waals surface area contributed by atoms with Gasteiger partial charge in [-0.25, -0.2) is 4.98 Å². The first-order valence-corrected chi connectivity index (χ1v) is 4.86. The second kappa shape index (κ2) is 4.08. The molecule has 15 heavy (non-hydrogen) atoms. The molecule has 78 valence electrons. The molecule has 0 unspecified atom stereocenters. The molecule has 0 saturated heterocycles. The summed E-state index contributed by atoms with van der Waals surface area (Å²) in [4.78, 5) is 4.20. The Morgan fingerprint density at radius 1 is 1.33 bits per heavy atom. The van der Waals surface area contributed by atoms with Crippen LogP contribution >= 0.6 is 0 Å². The summed E-state index contributed by atoms with van der Waals surface area (Å²) >= 11 is 0. The van der Waals surface area contributed by atoms with Crippen LogP contribution in [-0.4, -0.2) is 26.3 Å². The van der Waals surface area contributed by atoms with E-state index in [9.17, 15) is 0 Å². The van der Waals surface area contributed by atoms with Gasteiger partial charge in [-0.05, 0) is 19.1 Å². The maximum atomic E-state index is 4.20. The molecule has 2 aromatic rings. The Morgan fingerprint density at radius 2 is 2.20 bits per heavy atom. The lowest BCUT2D eigenvalue weighted by Gasteiger charge is -2.02. The van der Waals surface area contributed by atoms with E-state index in [1.165, 1.54) is 0 Å². The highest BCUT2D eigenvalue weighted by molar-refractivity contribution is 5.51. The predicted octanol–water partition coefficient (Wildman–Crippen LogP) is 1.31. The lowest BCUT2D eigenvalue weighted by Crippen LogP contribution is -2.02. The van der Waals surface area contributed by atoms with Crippen LogP contribution in [0.5, 0.6) is 0 Å². The van der Waals surface area contributed by atoms with Crippen molar-refractivity contribution >= 4 is 5.82 Å². The van der Waals surface area contributed by atoms with Gasteiger partial charge in [-0.15, -0.1) is 10.2 Å². The molecule has 2 aromatic heterocycles. The van der Waals surface area contributed by atoms with E-state index in [1.807, 2.05) is 36.9 Å².